The van der Waals surface area contributed by atoms with Gasteiger partial charge in [-0.05, 0) is 49.4 Å². The average Bonchev–Trinajstić information content (AvgIpc) is 2.67. The number of carbonyl (C=O) groups is 1. The molecule has 154 valence electrons. The summed E-state index contributed by atoms with van der Waals surface area (Å²) in [5.41, 5.74) is 4.39. The third kappa shape index (κ3) is 5.37. The lowest BCUT2D eigenvalue weighted by Gasteiger charge is -2.20. The summed E-state index contributed by atoms with van der Waals surface area (Å²) in [5.74, 6) is 0.181. The van der Waals surface area contributed by atoms with Crippen LogP contribution < -0.4 is 10.6 Å². The molecule has 2 aromatic rings. The van der Waals surface area contributed by atoms with Crippen molar-refractivity contribution in [1.82, 2.24) is 5.32 Å². The Bertz CT molecular complexity index is 927. The smallest absolute Gasteiger partial charge is 0.255 e. The Labute approximate surface area is 172 Å². The predicted octanol–water partition coefficient (Wildman–Crippen LogP) is 3.66. The SMILES string of the molecule is C=N/C(=N\CNC)c1cccc(NC(=O)c2ccc(C(C)(C)C)cc2C)c1CO. The fourth-order valence-electron chi connectivity index (χ4n) is 3.03. The lowest BCUT2D eigenvalue weighted by molar-refractivity contribution is 0.102. The number of aryl methyl sites for hydroxylation is 1. The van der Waals surface area contributed by atoms with E-state index < -0.39 is 0 Å². The maximum Gasteiger partial charge on any atom is 0.255 e. The molecule has 0 aromatic heterocycles. The van der Waals surface area contributed by atoms with Crippen LogP contribution in [0, 0.1) is 6.92 Å². The Balaban J connectivity index is 2.38. The molecule has 3 N–H and O–H groups in total. The molecule has 0 spiro atoms. The molecule has 0 fully saturated rings. The summed E-state index contributed by atoms with van der Waals surface area (Å²) in [5, 5.41) is 15.8. The van der Waals surface area contributed by atoms with Crippen molar-refractivity contribution in [2.24, 2.45) is 9.98 Å². The Morgan fingerprint density at radius 1 is 1.17 bits per heavy atom. The van der Waals surface area contributed by atoms with Crippen molar-refractivity contribution in [3.05, 3.63) is 64.2 Å². The van der Waals surface area contributed by atoms with Gasteiger partial charge >= 0.3 is 0 Å². The van der Waals surface area contributed by atoms with Gasteiger partial charge in [-0.15, -0.1) is 0 Å². The molecule has 0 heterocycles. The van der Waals surface area contributed by atoms with Gasteiger partial charge in [0.1, 0.15) is 0 Å². The highest BCUT2D eigenvalue weighted by Crippen LogP contribution is 2.26. The van der Waals surface area contributed by atoms with E-state index in [9.17, 15) is 9.90 Å². The number of hydrogen-bond donors (Lipinski definition) is 3. The first-order valence-corrected chi connectivity index (χ1v) is 9.54. The van der Waals surface area contributed by atoms with Gasteiger partial charge in [0.25, 0.3) is 5.91 Å². The van der Waals surface area contributed by atoms with Crippen LogP contribution in [-0.4, -0.2) is 37.3 Å². The fourth-order valence-corrected chi connectivity index (χ4v) is 3.03. The number of aliphatic hydroxyl groups is 1. The van der Waals surface area contributed by atoms with Crippen LogP contribution in [0.5, 0.6) is 0 Å². The lowest BCUT2D eigenvalue weighted by Crippen LogP contribution is -2.18. The van der Waals surface area contributed by atoms with Crippen molar-refractivity contribution >= 4 is 24.1 Å². The molecule has 6 nitrogen and oxygen atoms in total. The second kappa shape index (κ2) is 9.58. The third-order valence-electron chi connectivity index (χ3n) is 4.70. The minimum absolute atomic E-state index is 0.0128. The van der Waals surface area contributed by atoms with Crippen molar-refractivity contribution in [3.8, 4) is 0 Å². The molecule has 2 rings (SSSR count). The summed E-state index contributed by atoms with van der Waals surface area (Å²) in [6.45, 7) is 12.0. The zero-order chi connectivity index (χ0) is 21.6. The average molecular weight is 395 g/mol. The summed E-state index contributed by atoms with van der Waals surface area (Å²) in [4.78, 5) is 21.2. The summed E-state index contributed by atoms with van der Waals surface area (Å²) < 4.78 is 0. The Morgan fingerprint density at radius 2 is 1.90 bits per heavy atom. The highest BCUT2D eigenvalue weighted by Gasteiger charge is 2.18. The molecule has 2 aromatic carbocycles. The lowest BCUT2D eigenvalue weighted by atomic mass is 9.85. The molecule has 6 heteroatoms. The first kappa shape index (κ1) is 22.5. The molecular formula is C23H30N4O2. The Morgan fingerprint density at radius 3 is 2.45 bits per heavy atom. The molecule has 29 heavy (non-hydrogen) atoms. The van der Waals surface area contributed by atoms with Crippen LogP contribution in [0.15, 0.2) is 46.4 Å². The summed E-state index contributed by atoms with van der Waals surface area (Å²) in [6, 6.07) is 11.2. The number of nitrogens with one attached hydrogen (secondary N) is 2. The van der Waals surface area contributed by atoms with E-state index in [1.54, 1.807) is 25.2 Å². The zero-order valence-corrected chi connectivity index (χ0v) is 17.8. The van der Waals surface area contributed by atoms with Crippen LogP contribution >= 0.6 is 0 Å². The number of carbonyl (C=O) groups excluding carboxylic acids is 1. The van der Waals surface area contributed by atoms with Crippen molar-refractivity contribution in [1.29, 1.82) is 0 Å². The van der Waals surface area contributed by atoms with Crippen molar-refractivity contribution in [3.63, 3.8) is 0 Å². The van der Waals surface area contributed by atoms with Gasteiger partial charge in [0.2, 0.25) is 0 Å². The maximum absolute atomic E-state index is 12.9. The second-order valence-corrected chi connectivity index (χ2v) is 7.88. The molecule has 0 aliphatic carbocycles. The zero-order valence-electron chi connectivity index (χ0n) is 17.8. The van der Waals surface area contributed by atoms with E-state index >= 15 is 0 Å². The molecule has 0 saturated carbocycles. The normalized spacial score (nSPS) is 12.0. The fraction of sp³-hybridized carbons (Fsp3) is 0.348. The molecule has 0 unspecified atom stereocenters. The number of aliphatic hydroxyl groups excluding tert-OH is 1. The van der Waals surface area contributed by atoms with E-state index in [1.807, 2.05) is 25.1 Å². The van der Waals surface area contributed by atoms with E-state index in [2.05, 4.69) is 48.1 Å². The monoisotopic (exact) mass is 394 g/mol. The number of amidine groups is 1. The van der Waals surface area contributed by atoms with Crippen LogP contribution in [0.4, 0.5) is 5.69 Å². The van der Waals surface area contributed by atoms with E-state index in [0.717, 1.165) is 5.56 Å². The Kier molecular flexibility index (Phi) is 7.42. The van der Waals surface area contributed by atoms with E-state index in [-0.39, 0.29) is 17.9 Å². The molecule has 0 radical (unpaired) electrons. The number of benzene rings is 2. The number of aliphatic imine (C=N–C) groups is 2. The molecule has 0 aliphatic rings. The van der Waals surface area contributed by atoms with Crippen LogP contribution in [0.25, 0.3) is 0 Å². The van der Waals surface area contributed by atoms with E-state index in [1.165, 1.54) is 5.56 Å². The van der Waals surface area contributed by atoms with Crippen LogP contribution in [0.3, 0.4) is 0 Å². The Hall–Kier alpha value is -2.83. The minimum Gasteiger partial charge on any atom is -0.392 e. The molecule has 0 saturated heterocycles. The van der Waals surface area contributed by atoms with Crippen molar-refractivity contribution in [2.45, 2.75) is 39.7 Å². The number of amides is 1. The van der Waals surface area contributed by atoms with Gasteiger partial charge in [0, 0.05) is 22.4 Å². The number of rotatable bonds is 6. The minimum atomic E-state index is -0.262. The molecule has 0 atom stereocenters. The topological polar surface area (TPSA) is 86.1 Å². The number of hydrogen-bond acceptors (Lipinski definition) is 4. The van der Waals surface area contributed by atoms with Gasteiger partial charge < -0.3 is 15.7 Å². The standard InChI is InChI=1S/C23H30N4O2/c1-15-12-16(23(2,3)4)10-11-17(15)22(29)27-20-9-7-8-18(19(20)13-28)21(25-6)26-14-24-5/h7-12,24,28H,6,13-14H2,1-5H3,(H,27,29)/b26-21-. The highest BCUT2D eigenvalue weighted by molar-refractivity contribution is 6.08. The van der Waals surface area contributed by atoms with Crippen LogP contribution in [0.2, 0.25) is 0 Å². The van der Waals surface area contributed by atoms with E-state index in [0.29, 0.717) is 34.9 Å². The number of anilines is 1. The van der Waals surface area contributed by atoms with Gasteiger partial charge in [-0.3, -0.25) is 9.79 Å². The highest BCUT2D eigenvalue weighted by atomic mass is 16.3. The molecular weight excluding hydrogens is 364 g/mol. The van der Waals surface area contributed by atoms with E-state index in [4.69, 9.17) is 0 Å². The summed E-state index contributed by atoms with van der Waals surface area (Å²) in [6.07, 6.45) is 0. The molecule has 1 amide bonds. The van der Waals surface area contributed by atoms with Gasteiger partial charge in [0.15, 0.2) is 5.84 Å². The number of nitrogens with zero attached hydrogens (tertiary/aromatic N) is 2. The van der Waals surface area contributed by atoms with Crippen molar-refractivity contribution in [2.75, 3.05) is 19.0 Å². The summed E-state index contributed by atoms with van der Waals surface area (Å²) in [7, 11) is 1.78. The maximum atomic E-state index is 12.9. The largest absolute Gasteiger partial charge is 0.392 e. The summed E-state index contributed by atoms with van der Waals surface area (Å²) >= 11 is 0. The quantitative estimate of drug-likeness (QED) is 0.516. The first-order chi connectivity index (χ1) is 13.7. The van der Waals surface area contributed by atoms with Gasteiger partial charge in [-0.2, -0.15) is 0 Å². The molecule has 0 aliphatic heterocycles. The van der Waals surface area contributed by atoms with Gasteiger partial charge in [-0.25, -0.2) is 4.99 Å². The second-order valence-electron chi connectivity index (χ2n) is 7.88. The molecule has 0 bridgehead atoms. The predicted molar refractivity (Wildman–Crippen MR) is 120 cm³/mol. The first-order valence-electron chi connectivity index (χ1n) is 9.54. The third-order valence-corrected chi connectivity index (χ3v) is 4.70. The van der Waals surface area contributed by atoms with Crippen molar-refractivity contribution < 1.29 is 9.90 Å². The van der Waals surface area contributed by atoms with Crippen LogP contribution in [-0.2, 0) is 12.0 Å². The van der Waals surface area contributed by atoms with Crippen LogP contribution in [0.1, 0.15) is 53.4 Å². The van der Waals surface area contributed by atoms with Gasteiger partial charge in [0.05, 0.1) is 13.3 Å². The van der Waals surface area contributed by atoms with Gasteiger partial charge in [-0.1, -0.05) is 45.0 Å².